The SMILES string of the molecule is O=C(Nc1cccc2ccccc12)c1cccnc1NC1CC1. The summed E-state index contributed by atoms with van der Waals surface area (Å²) in [6.07, 6.45) is 3.99. The predicted molar refractivity (Wildman–Crippen MR) is 92.8 cm³/mol. The Hall–Kier alpha value is -2.88. The zero-order valence-electron chi connectivity index (χ0n) is 12.6. The Bertz CT molecular complexity index is 866. The lowest BCUT2D eigenvalue weighted by Gasteiger charge is -2.12. The summed E-state index contributed by atoms with van der Waals surface area (Å²) >= 11 is 0. The highest BCUT2D eigenvalue weighted by atomic mass is 16.1. The molecule has 0 aliphatic heterocycles. The van der Waals surface area contributed by atoms with Crippen molar-refractivity contribution in [1.29, 1.82) is 0 Å². The maximum absolute atomic E-state index is 12.7. The number of anilines is 2. The molecule has 4 heteroatoms. The monoisotopic (exact) mass is 303 g/mol. The Balaban J connectivity index is 1.64. The second-order valence-electron chi connectivity index (χ2n) is 5.80. The largest absolute Gasteiger partial charge is 0.367 e. The van der Waals surface area contributed by atoms with Crippen molar-refractivity contribution in [3.63, 3.8) is 0 Å². The van der Waals surface area contributed by atoms with Gasteiger partial charge in [-0.3, -0.25) is 4.79 Å². The van der Waals surface area contributed by atoms with Crippen molar-refractivity contribution < 1.29 is 4.79 Å². The molecule has 4 nitrogen and oxygen atoms in total. The standard InChI is InChI=1S/C19H17N3O/c23-19(16-8-4-12-20-18(16)21-14-10-11-14)22-17-9-3-6-13-5-1-2-7-15(13)17/h1-9,12,14H,10-11H2,(H,20,21)(H,22,23). The predicted octanol–water partition coefficient (Wildman–Crippen LogP) is 4.06. The van der Waals surface area contributed by atoms with Gasteiger partial charge in [-0.15, -0.1) is 0 Å². The lowest BCUT2D eigenvalue weighted by atomic mass is 10.1. The van der Waals surface area contributed by atoms with E-state index < -0.39 is 0 Å². The number of carbonyl (C=O) groups excluding carboxylic acids is 1. The van der Waals surface area contributed by atoms with Gasteiger partial charge in [0.05, 0.1) is 5.56 Å². The van der Waals surface area contributed by atoms with Crippen LogP contribution in [0, 0.1) is 0 Å². The highest BCUT2D eigenvalue weighted by Crippen LogP contribution is 2.27. The van der Waals surface area contributed by atoms with Crippen LogP contribution in [0.5, 0.6) is 0 Å². The topological polar surface area (TPSA) is 54.0 Å². The van der Waals surface area contributed by atoms with E-state index in [0.29, 0.717) is 17.4 Å². The van der Waals surface area contributed by atoms with Gasteiger partial charge in [-0.1, -0.05) is 36.4 Å². The van der Waals surface area contributed by atoms with Gasteiger partial charge in [0, 0.05) is 23.3 Å². The second-order valence-corrected chi connectivity index (χ2v) is 5.80. The van der Waals surface area contributed by atoms with Crippen LogP contribution < -0.4 is 10.6 Å². The van der Waals surface area contributed by atoms with Gasteiger partial charge in [0.25, 0.3) is 5.91 Å². The fraction of sp³-hybridized carbons (Fsp3) is 0.158. The summed E-state index contributed by atoms with van der Waals surface area (Å²) < 4.78 is 0. The summed E-state index contributed by atoms with van der Waals surface area (Å²) in [5.74, 6) is 0.519. The van der Waals surface area contributed by atoms with Crippen LogP contribution in [0.2, 0.25) is 0 Å². The highest BCUT2D eigenvalue weighted by molar-refractivity contribution is 6.11. The summed E-state index contributed by atoms with van der Waals surface area (Å²) in [6.45, 7) is 0. The lowest BCUT2D eigenvalue weighted by Crippen LogP contribution is -2.16. The molecule has 0 atom stereocenters. The number of aromatic nitrogens is 1. The van der Waals surface area contributed by atoms with E-state index in [1.807, 2.05) is 42.5 Å². The Kier molecular flexibility index (Phi) is 3.42. The van der Waals surface area contributed by atoms with Crippen molar-refractivity contribution in [3.8, 4) is 0 Å². The summed E-state index contributed by atoms with van der Waals surface area (Å²) in [5.41, 5.74) is 1.39. The van der Waals surface area contributed by atoms with E-state index >= 15 is 0 Å². The van der Waals surface area contributed by atoms with Gasteiger partial charge >= 0.3 is 0 Å². The molecular formula is C19H17N3O. The van der Waals surface area contributed by atoms with Gasteiger partial charge in [-0.25, -0.2) is 4.98 Å². The van der Waals surface area contributed by atoms with Crippen molar-refractivity contribution in [2.24, 2.45) is 0 Å². The minimum atomic E-state index is -0.141. The van der Waals surface area contributed by atoms with Crippen molar-refractivity contribution >= 4 is 28.2 Å². The molecule has 114 valence electrons. The summed E-state index contributed by atoms with van der Waals surface area (Å²) in [5, 5.41) is 8.47. The molecule has 0 saturated heterocycles. The first-order valence-electron chi connectivity index (χ1n) is 7.82. The van der Waals surface area contributed by atoms with Crippen molar-refractivity contribution in [2.45, 2.75) is 18.9 Å². The van der Waals surface area contributed by atoms with Crippen molar-refractivity contribution in [3.05, 3.63) is 66.4 Å². The number of hydrogen-bond donors (Lipinski definition) is 2. The van der Waals surface area contributed by atoms with Crippen LogP contribution in [0.4, 0.5) is 11.5 Å². The van der Waals surface area contributed by atoms with Gasteiger partial charge in [0.1, 0.15) is 5.82 Å². The number of benzene rings is 2. The Labute approximate surface area is 134 Å². The van der Waals surface area contributed by atoms with E-state index in [-0.39, 0.29) is 5.91 Å². The number of amides is 1. The number of pyridine rings is 1. The van der Waals surface area contributed by atoms with E-state index in [2.05, 4.69) is 15.6 Å². The first kappa shape index (κ1) is 13.8. The molecule has 3 aromatic rings. The molecule has 1 saturated carbocycles. The van der Waals surface area contributed by atoms with E-state index in [4.69, 9.17) is 0 Å². The molecule has 1 aromatic heterocycles. The number of nitrogens with one attached hydrogen (secondary N) is 2. The van der Waals surface area contributed by atoms with Gasteiger partial charge in [-0.2, -0.15) is 0 Å². The molecule has 1 aliphatic rings. The molecule has 1 heterocycles. The number of fused-ring (bicyclic) bond motifs is 1. The zero-order valence-corrected chi connectivity index (χ0v) is 12.6. The summed E-state index contributed by atoms with van der Waals surface area (Å²) in [7, 11) is 0. The first-order chi connectivity index (χ1) is 11.3. The molecule has 1 amide bonds. The van der Waals surface area contributed by atoms with Crippen LogP contribution in [-0.2, 0) is 0 Å². The molecule has 0 bridgehead atoms. The third-order valence-electron chi connectivity index (χ3n) is 4.01. The minimum Gasteiger partial charge on any atom is -0.367 e. The summed E-state index contributed by atoms with van der Waals surface area (Å²) in [6, 6.07) is 18.0. The molecule has 1 aliphatic carbocycles. The average Bonchev–Trinajstić information content (AvgIpc) is 3.40. The first-order valence-corrected chi connectivity index (χ1v) is 7.82. The maximum Gasteiger partial charge on any atom is 0.259 e. The molecule has 0 radical (unpaired) electrons. The third-order valence-corrected chi connectivity index (χ3v) is 4.01. The number of rotatable bonds is 4. The third kappa shape index (κ3) is 2.88. The Morgan fingerprint density at radius 1 is 1.00 bits per heavy atom. The van der Waals surface area contributed by atoms with Gasteiger partial charge in [0.2, 0.25) is 0 Å². The van der Waals surface area contributed by atoms with E-state index in [1.54, 1.807) is 18.3 Å². The molecular weight excluding hydrogens is 286 g/mol. The Morgan fingerprint density at radius 2 is 1.83 bits per heavy atom. The molecule has 4 rings (SSSR count). The van der Waals surface area contributed by atoms with Crippen LogP contribution in [-0.4, -0.2) is 16.9 Å². The quantitative estimate of drug-likeness (QED) is 0.764. The van der Waals surface area contributed by atoms with Crippen LogP contribution in [0.25, 0.3) is 10.8 Å². The fourth-order valence-electron chi connectivity index (χ4n) is 2.65. The van der Waals surface area contributed by atoms with Crippen LogP contribution in [0.3, 0.4) is 0 Å². The number of nitrogens with zero attached hydrogens (tertiary/aromatic N) is 1. The van der Waals surface area contributed by atoms with Crippen molar-refractivity contribution in [2.75, 3.05) is 10.6 Å². The second kappa shape index (κ2) is 5.72. The van der Waals surface area contributed by atoms with Crippen LogP contribution in [0.1, 0.15) is 23.2 Å². The molecule has 2 N–H and O–H groups in total. The molecule has 1 fully saturated rings. The van der Waals surface area contributed by atoms with Gasteiger partial charge < -0.3 is 10.6 Å². The van der Waals surface area contributed by atoms with Gasteiger partial charge in [0.15, 0.2) is 0 Å². The summed E-state index contributed by atoms with van der Waals surface area (Å²) in [4.78, 5) is 17.0. The van der Waals surface area contributed by atoms with E-state index in [1.165, 1.54) is 0 Å². The van der Waals surface area contributed by atoms with E-state index in [0.717, 1.165) is 29.3 Å². The normalized spacial score (nSPS) is 13.7. The molecule has 0 unspecified atom stereocenters. The molecule has 2 aromatic carbocycles. The van der Waals surface area contributed by atoms with Crippen molar-refractivity contribution in [1.82, 2.24) is 4.98 Å². The number of carbonyl (C=O) groups is 1. The molecule has 0 spiro atoms. The smallest absolute Gasteiger partial charge is 0.259 e. The highest BCUT2D eigenvalue weighted by Gasteiger charge is 2.24. The van der Waals surface area contributed by atoms with Gasteiger partial charge in [-0.05, 0) is 36.4 Å². The zero-order chi connectivity index (χ0) is 15.6. The lowest BCUT2D eigenvalue weighted by molar-refractivity contribution is 0.102. The Morgan fingerprint density at radius 3 is 2.70 bits per heavy atom. The van der Waals surface area contributed by atoms with E-state index in [9.17, 15) is 4.79 Å². The number of hydrogen-bond acceptors (Lipinski definition) is 3. The maximum atomic E-state index is 12.7. The minimum absolute atomic E-state index is 0.141. The van der Waals surface area contributed by atoms with Crippen LogP contribution in [0.15, 0.2) is 60.8 Å². The van der Waals surface area contributed by atoms with Crippen LogP contribution >= 0.6 is 0 Å². The fourth-order valence-corrected chi connectivity index (χ4v) is 2.65. The molecule has 23 heavy (non-hydrogen) atoms. The average molecular weight is 303 g/mol.